The van der Waals surface area contributed by atoms with Crippen LogP contribution in [0.3, 0.4) is 0 Å². The van der Waals surface area contributed by atoms with Gasteiger partial charge in [0.05, 0.1) is 0 Å². The van der Waals surface area contributed by atoms with E-state index in [4.69, 9.17) is 0 Å². The summed E-state index contributed by atoms with van der Waals surface area (Å²) in [6.45, 7) is 6.60. The maximum atomic E-state index is 2.22. The minimum absolute atomic E-state index is 0.159. The molecule has 0 amide bonds. The lowest BCUT2D eigenvalue weighted by Gasteiger charge is -2.16. The first-order valence-electron chi connectivity index (χ1n) is 4.60. The Kier molecular flexibility index (Phi) is 2.60. The van der Waals surface area contributed by atoms with Crippen molar-refractivity contribution in [3.8, 4) is 0 Å². The Bertz CT molecular complexity index is 284. The van der Waals surface area contributed by atoms with Gasteiger partial charge < -0.3 is 4.90 Å². The summed E-state index contributed by atoms with van der Waals surface area (Å²) in [7, 11) is 4.12. The molecule has 0 atom stereocenters. The smallest absolute Gasteiger partial charge is 0.192 e. The van der Waals surface area contributed by atoms with Crippen LogP contribution < -0.4 is 9.47 Å². The summed E-state index contributed by atoms with van der Waals surface area (Å²) < 4.78 is 2.22. The van der Waals surface area contributed by atoms with Crippen LogP contribution in [0, 0.1) is 0 Å². The molecule has 2 nitrogen and oxygen atoms in total. The second-order valence-electron chi connectivity index (χ2n) is 4.53. The lowest BCUT2D eigenvalue weighted by molar-refractivity contribution is -0.753. The SMILES string of the molecule is CN(C)c1ccc[n+](C(C)(C)C)c1. The van der Waals surface area contributed by atoms with E-state index < -0.39 is 0 Å². The molecule has 1 aromatic heterocycles. The zero-order valence-electron chi connectivity index (χ0n) is 9.20. The van der Waals surface area contributed by atoms with E-state index in [1.165, 1.54) is 5.69 Å². The van der Waals surface area contributed by atoms with Gasteiger partial charge >= 0.3 is 0 Å². The van der Waals surface area contributed by atoms with Crippen LogP contribution in [0.2, 0.25) is 0 Å². The van der Waals surface area contributed by atoms with Crippen molar-refractivity contribution in [1.29, 1.82) is 0 Å². The molecule has 1 heterocycles. The molecule has 0 aromatic carbocycles. The van der Waals surface area contributed by atoms with Gasteiger partial charge in [-0.25, -0.2) is 0 Å². The van der Waals surface area contributed by atoms with Crippen LogP contribution in [0.1, 0.15) is 20.8 Å². The van der Waals surface area contributed by atoms with Crippen molar-refractivity contribution in [3.63, 3.8) is 0 Å². The number of pyridine rings is 1. The molecule has 0 aliphatic heterocycles. The molecule has 0 saturated heterocycles. The molecule has 0 bridgehead atoms. The second kappa shape index (κ2) is 3.36. The highest BCUT2D eigenvalue weighted by Gasteiger charge is 2.21. The summed E-state index contributed by atoms with van der Waals surface area (Å²) in [5, 5.41) is 0. The minimum Gasteiger partial charge on any atom is -0.373 e. The normalized spacial score (nSPS) is 11.5. The summed E-state index contributed by atoms with van der Waals surface area (Å²) in [6, 6.07) is 4.20. The second-order valence-corrected chi connectivity index (χ2v) is 4.53. The van der Waals surface area contributed by atoms with Gasteiger partial charge in [-0.2, -0.15) is 4.57 Å². The summed E-state index contributed by atoms with van der Waals surface area (Å²) in [5.41, 5.74) is 1.39. The predicted molar refractivity (Wildman–Crippen MR) is 56.0 cm³/mol. The van der Waals surface area contributed by atoms with E-state index >= 15 is 0 Å². The van der Waals surface area contributed by atoms with Crippen molar-refractivity contribution < 1.29 is 4.57 Å². The lowest BCUT2D eigenvalue weighted by atomic mass is 10.1. The minimum atomic E-state index is 0.159. The molecule has 13 heavy (non-hydrogen) atoms. The molecule has 0 aliphatic carbocycles. The molecule has 2 heteroatoms. The van der Waals surface area contributed by atoms with Gasteiger partial charge in [0, 0.05) is 40.9 Å². The van der Waals surface area contributed by atoms with Gasteiger partial charge in [-0.15, -0.1) is 0 Å². The number of anilines is 1. The molecule has 0 N–H and O–H groups in total. The molecular formula is C11H19N2+. The van der Waals surface area contributed by atoms with Crippen molar-refractivity contribution in [1.82, 2.24) is 0 Å². The van der Waals surface area contributed by atoms with Gasteiger partial charge in [0.25, 0.3) is 0 Å². The quantitative estimate of drug-likeness (QED) is 0.596. The van der Waals surface area contributed by atoms with Crippen LogP contribution in [0.4, 0.5) is 5.69 Å². The highest BCUT2D eigenvalue weighted by atomic mass is 15.1. The van der Waals surface area contributed by atoms with Gasteiger partial charge in [0.2, 0.25) is 0 Å². The lowest BCUT2D eigenvalue weighted by Crippen LogP contribution is -2.49. The van der Waals surface area contributed by atoms with Crippen LogP contribution in [0.5, 0.6) is 0 Å². The summed E-state index contributed by atoms with van der Waals surface area (Å²) in [6.07, 6.45) is 4.27. The third-order valence-electron chi connectivity index (χ3n) is 2.08. The molecule has 1 rings (SSSR count). The Morgan fingerprint density at radius 2 is 1.85 bits per heavy atom. The topological polar surface area (TPSA) is 7.12 Å². The summed E-state index contributed by atoms with van der Waals surface area (Å²) in [5.74, 6) is 0. The average Bonchev–Trinajstić information content (AvgIpc) is 2.03. The standard InChI is InChI=1S/C11H19N2/c1-11(2,3)13-8-6-7-10(9-13)12(4)5/h6-9H,1-5H3/q+1. The Balaban J connectivity index is 3.06. The van der Waals surface area contributed by atoms with Gasteiger partial charge in [-0.05, 0) is 6.07 Å². The fourth-order valence-electron chi connectivity index (χ4n) is 1.14. The van der Waals surface area contributed by atoms with E-state index in [0.717, 1.165) is 0 Å². The first-order chi connectivity index (χ1) is 5.91. The zero-order valence-corrected chi connectivity index (χ0v) is 9.20. The summed E-state index contributed by atoms with van der Waals surface area (Å²) >= 11 is 0. The molecule has 0 spiro atoms. The predicted octanol–water partition coefficient (Wildman–Crippen LogP) is 1.80. The molecule has 0 saturated carbocycles. The number of hydrogen-bond acceptors (Lipinski definition) is 1. The number of hydrogen-bond donors (Lipinski definition) is 0. The van der Waals surface area contributed by atoms with Crippen LogP contribution in [-0.4, -0.2) is 14.1 Å². The highest BCUT2D eigenvalue weighted by Crippen LogP contribution is 2.09. The van der Waals surface area contributed by atoms with E-state index in [1.54, 1.807) is 0 Å². The van der Waals surface area contributed by atoms with Crippen molar-refractivity contribution in [2.24, 2.45) is 0 Å². The molecule has 0 fully saturated rings. The third kappa shape index (κ3) is 2.44. The van der Waals surface area contributed by atoms with E-state index in [-0.39, 0.29) is 5.54 Å². The largest absolute Gasteiger partial charge is 0.373 e. The van der Waals surface area contributed by atoms with Crippen molar-refractivity contribution in [3.05, 3.63) is 24.5 Å². The van der Waals surface area contributed by atoms with Gasteiger partial charge in [-0.1, -0.05) is 0 Å². The molecule has 0 radical (unpaired) electrons. The van der Waals surface area contributed by atoms with Crippen molar-refractivity contribution >= 4 is 5.69 Å². The number of aromatic nitrogens is 1. The van der Waals surface area contributed by atoms with Crippen molar-refractivity contribution in [2.45, 2.75) is 26.3 Å². The van der Waals surface area contributed by atoms with Gasteiger partial charge in [0.15, 0.2) is 17.9 Å². The maximum Gasteiger partial charge on any atom is 0.192 e. The molecule has 72 valence electrons. The molecule has 0 aliphatic rings. The Labute approximate surface area is 80.8 Å². The molecule has 1 aromatic rings. The van der Waals surface area contributed by atoms with E-state index in [9.17, 15) is 0 Å². The van der Waals surface area contributed by atoms with Crippen LogP contribution in [0.25, 0.3) is 0 Å². The fraction of sp³-hybridized carbons (Fsp3) is 0.545. The highest BCUT2D eigenvalue weighted by molar-refractivity contribution is 5.39. The number of nitrogens with zero attached hydrogens (tertiary/aromatic N) is 2. The Hall–Kier alpha value is -1.05. The maximum absolute atomic E-state index is 2.22. The Morgan fingerprint density at radius 1 is 1.23 bits per heavy atom. The third-order valence-corrected chi connectivity index (χ3v) is 2.08. The molecular weight excluding hydrogens is 160 g/mol. The number of rotatable bonds is 1. The first kappa shape index (κ1) is 10.0. The van der Waals surface area contributed by atoms with Gasteiger partial charge in [0.1, 0.15) is 5.69 Å². The van der Waals surface area contributed by atoms with Crippen LogP contribution in [-0.2, 0) is 5.54 Å². The molecule has 0 unspecified atom stereocenters. The first-order valence-corrected chi connectivity index (χ1v) is 4.60. The fourth-order valence-corrected chi connectivity index (χ4v) is 1.14. The summed E-state index contributed by atoms with van der Waals surface area (Å²) in [4.78, 5) is 2.11. The van der Waals surface area contributed by atoms with E-state index in [0.29, 0.717) is 0 Å². The monoisotopic (exact) mass is 179 g/mol. The van der Waals surface area contributed by atoms with Crippen LogP contribution >= 0.6 is 0 Å². The van der Waals surface area contributed by atoms with Crippen molar-refractivity contribution in [2.75, 3.05) is 19.0 Å². The van der Waals surface area contributed by atoms with Gasteiger partial charge in [-0.3, -0.25) is 0 Å². The van der Waals surface area contributed by atoms with Crippen LogP contribution in [0.15, 0.2) is 24.5 Å². The van der Waals surface area contributed by atoms with E-state index in [1.807, 2.05) is 0 Å². The zero-order chi connectivity index (χ0) is 10.1. The van der Waals surface area contributed by atoms with E-state index in [2.05, 4.69) is 68.9 Å². The average molecular weight is 179 g/mol. The Morgan fingerprint density at radius 3 is 2.31 bits per heavy atom.